The lowest BCUT2D eigenvalue weighted by Gasteiger charge is -2.46. The monoisotopic (exact) mass is 304 g/mol. The Balaban J connectivity index is 2.59. The van der Waals surface area contributed by atoms with Gasteiger partial charge in [-0.05, 0) is 28.9 Å². The molecule has 2 amide bonds. The number of nitrogens with zero attached hydrogens (tertiary/aromatic N) is 4. The van der Waals surface area contributed by atoms with Gasteiger partial charge in [0.15, 0.2) is 0 Å². The van der Waals surface area contributed by atoms with Gasteiger partial charge in [0.05, 0.1) is 39.2 Å². The number of carbonyl (C=O) groups is 1. The fraction of sp³-hybridized carbons (Fsp3) is 0.545. The normalized spacial score (nSPS) is 21.6. The van der Waals surface area contributed by atoms with E-state index in [9.17, 15) is 4.79 Å². The highest BCUT2D eigenvalue weighted by Gasteiger charge is 2.54. The highest BCUT2D eigenvalue weighted by atomic mass is 35.5. The molecule has 1 saturated heterocycles. The second-order valence-corrected chi connectivity index (χ2v) is 5.97. The van der Waals surface area contributed by atoms with Crippen molar-refractivity contribution in [2.75, 3.05) is 4.90 Å². The molecule has 0 aromatic carbocycles. The van der Waals surface area contributed by atoms with Crippen molar-refractivity contribution in [2.24, 2.45) is 5.92 Å². The van der Waals surface area contributed by atoms with E-state index in [-0.39, 0.29) is 17.0 Å². The second-order valence-electron chi connectivity index (χ2n) is 5.64. The Bertz CT molecular complexity index is 594. The van der Waals surface area contributed by atoms with Crippen LogP contribution in [0.3, 0.4) is 0 Å². The first kappa shape index (κ1) is 17.3. The molecule has 0 aliphatic carbocycles. The molecule has 2 heterocycles. The van der Waals surface area contributed by atoms with Gasteiger partial charge < -0.3 is 4.90 Å². The number of hydrogen-bond donors (Lipinski definition) is 0. The predicted octanol–water partition coefficient (Wildman–Crippen LogP) is -0.496. The average Bonchev–Trinajstić information content (AvgIpc) is 2.54. The third-order valence-corrected chi connectivity index (χ3v) is 3.60. The quantitative estimate of drug-likeness (QED) is 0.559. The second kappa shape index (κ2) is 5.55. The van der Waals surface area contributed by atoms with Crippen LogP contribution in [-0.2, 0) is 0 Å². The van der Waals surface area contributed by atoms with Crippen molar-refractivity contribution in [1.82, 2.24) is 14.9 Å². The number of halogens is 1. The molecule has 5 nitrogen and oxygen atoms in total. The fourth-order valence-electron chi connectivity index (χ4n) is 2.77. The van der Waals surface area contributed by atoms with E-state index in [2.05, 4.69) is 9.97 Å². The molecule has 102 valence electrons. The predicted molar refractivity (Wildman–Crippen MR) is 89.6 cm³/mol. The van der Waals surface area contributed by atoms with E-state index in [0.717, 1.165) is 4.90 Å². The Labute approximate surface area is 141 Å². The number of hydrogen-bond acceptors (Lipinski definition) is 3. The van der Waals surface area contributed by atoms with Gasteiger partial charge in [0.2, 0.25) is 5.28 Å². The Morgan fingerprint density at radius 2 is 1.95 bits per heavy atom. The molecule has 0 saturated carbocycles. The van der Waals surface area contributed by atoms with E-state index in [4.69, 9.17) is 50.8 Å². The molecule has 1 unspecified atom stereocenters. The summed E-state index contributed by atoms with van der Waals surface area (Å²) in [6, 6.07) is 0.163. The van der Waals surface area contributed by atoms with Crippen LogP contribution in [0.25, 0.3) is 0 Å². The zero-order valence-electron chi connectivity index (χ0n) is 12.3. The van der Waals surface area contributed by atoms with Crippen LogP contribution < -0.4 is 4.90 Å². The number of anilines is 1. The number of amides is 2. The van der Waals surface area contributed by atoms with E-state index in [1.54, 1.807) is 0 Å². The smallest absolute Gasteiger partial charge is 0.323 e. The number of aromatic nitrogens is 2. The van der Waals surface area contributed by atoms with Gasteiger partial charge in [0.25, 0.3) is 0 Å². The Morgan fingerprint density at radius 3 is 2.41 bits per heavy atom. The third-order valence-electron chi connectivity index (χ3n) is 3.41. The van der Waals surface area contributed by atoms with Crippen molar-refractivity contribution in [1.29, 1.82) is 0 Å². The van der Waals surface area contributed by atoms with Crippen LogP contribution in [0.2, 0.25) is 5.28 Å². The summed E-state index contributed by atoms with van der Waals surface area (Å²) in [5.74, 6) is 0.0933. The van der Waals surface area contributed by atoms with E-state index in [0.29, 0.717) is 0 Å². The highest BCUT2D eigenvalue weighted by Crippen LogP contribution is 2.38. The van der Waals surface area contributed by atoms with E-state index in [1.807, 2.05) is 13.8 Å². The molecule has 1 aromatic heterocycles. The van der Waals surface area contributed by atoms with Crippen LogP contribution in [0, 0.1) is 5.92 Å². The summed E-state index contributed by atoms with van der Waals surface area (Å²) < 4.78 is 0. The maximum absolute atomic E-state index is 12.7. The average molecular weight is 304 g/mol. The van der Waals surface area contributed by atoms with Crippen molar-refractivity contribution in [3.8, 4) is 0 Å². The van der Waals surface area contributed by atoms with Crippen LogP contribution >= 0.6 is 11.6 Å². The summed E-state index contributed by atoms with van der Waals surface area (Å²) in [6.07, 6.45) is 1.41. The molecule has 0 N–H and O–H groups in total. The van der Waals surface area contributed by atoms with Crippen LogP contribution in [0.15, 0.2) is 12.3 Å². The van der Waals surface area contributed by atoms with Crippen LogP contribution in [0.4, 0.5) is 10.6 Å². The molecule has 11 heteroatoms. The largest absolute Gasteiger partial charge is 0.354 e. The van der Waals surface area contributed by atoms with Crippen LogP contribution in [0.5, 0.6) is 0 Å². The minimum absolute atomic E-state index is 0.0228. The lowest BCUT2D eigenvalue weighted by atomic mass is 9.44. The van der Waals surface area contributed by atoms with Gasteiger partial charge in [0.1, 0.15) is 5.82 Å². The van der Waals surface area contributed by atoms with Crippen molar-refractivity contribution in [3.05, 3.63) is 17.5 Å². The van der Waals surface area contributed by atoms with Crippen LogP contribution in [-0.4, -0.2) is 76.7 Å². The molecule has 1 aromatic rings. The molecule has 2 rings (SSSR count). The summed E-state index contributed by atoms with van der Waals surface area (Å²) >= 11 is 5.79. The van der Waals surface area contributed by atoms with Crippen molar-refractivity contribution >= 4 is 62.7 Å². The van der Waals surface area contributed by atoms with Gasteiger partial charge in [-0.1, -0.05) is 19.1 Å². The fourth-order valence-corrected chi connectivity index (χ4v) is 2.91. The van der Waals surface area contributed by atoms with Gasteiger partial charge in [-0.15, -0.1) is 0 Å². The molecule has 0 spiro atoms. The van der Waals surface area contributed by atoms with E-state index >= 15 is 0 Å². The Hall–Kier alpha value is -1.04. The lowest BCUT2D eigenvalue weighted by molar-refractivity contribution is 0.208. The van der Waals surface area contributed by atoms with Crippen molar-refractivity contribution in [2.45, 2.75) is 30.5 Å². The van der Waals surface area contributed by atoms with Crippen molar-refractivity contribution in [3.63, 3.8) is 0 Å². The molecule has 1 fully saturated rings. The minimum atomic E-state index is -2.03. The highest BCUT2D eigenvalue weighted by molar-refractivity contribution is 6.61. The Morgan fingerprint density at radius 1 is 1.36 bits per heavy atom. The molecule has 1 aliphatic heterocycles. The molecular formula is C11H10B5ClN4O. The minimum Gasteiger partial charge on any atom is -0.354 e. The molecule has 10 radical (unpaired) electrons. The maximum atomic E-state index is 12.7. The number of urea groups is 1. The van der Waals surface area contributed by atoms with Gasteiger partial charge in [-0.2, -0.15) is 0 Å². The van der Waals surface area contributed by atoms with Crippen LogP contribution in [0.1, 0.15) is 13.8 Å². The molecule has 22 heavy (non-hydrogen) atoms. The van der Waals surface area contributed by atoms with Gasteiger partial charge in [0, 0.05) is 12.2 Å². The molecule has 1 aliphatic rings. The maximum Gasteiger partial charge on any atom is 0.323 e. The van der Waals surface area contributed by atoms with Gasteiger partial charge >= 0.3 is 6.03 Å². The third kappa shape index (κ3) is 2.77. The zero-order valence-corrected chi connectivity index (χ0v) is 13.0. The number of carbonyl (C=O) groups excluding carboxylic acids is 1. The summed E-state index contributed by atoms with van der Waals surface area (Å²) in [5, 5.41) is -3.74. The van der Waals surface area contributed by atoms with Gasteiger partial charge in [-0.25, -0.2) is 14.8 Å². The van der Waals surface area contributed by atoms with E-state index < -0.39 is 22.6 Å². The van der Waals surface area contributed by atoms with Gasteiger partial charge in [-0.3, -0.25) is 4.90 Å². The van der Waals surface area contributed by atoms with Crippen molar-refractivity contribution < 1.29 is 4.79 Å². The molecule has 0 bridgehead atoms. The topological polar surface area (TPSA) is 49.3 Å². The molecule has 1 atom stereocenters. The summed E-state index contributed by atoms with van der Waals surface area (Å²) in [6.45, 7) is 3.69. The SMILES string of the molecule is [B]C([B])([B])N1C(=O)N(c2ccnc(Cl)n2)C(C(C)C)C1([B])[B]. The number of rotatable bonds is 3. The molecular weight excluding hydrogens is 294 g/mol. The first-order chi connectivity index (χ1) is 9.98. The summed E-state index contributed by atoms with van der Waals surface area (Å²) in [4.78, 5) is 22.7. The first-order valence-corrected chi connectivity index (χ1v) is 6.92. The first-order valence-electron chi connectivity index (χ1n) is 6.54. The van der Waals surface area contributed by atoms with E-state index in [1.165, 1.54) is 17.2 Å². The lowest BCUT2D eigenvalue weighted by Crippen LogP contribution is -2.64. The summed E-state index contributed by atoms with van der Waals surface area (Å²) in [7, 11) is 29.2. The standard InChI is InChI=1S/C11H10B5ClN4O/c1-5(2)7-10(12,13)21(11(14,15)16)9(22)20(7)6-3-4-18-8(17)19-6/h3-5,7H,1-2H3. The zero-order chi connectivity index (χ0) is 16.9. The Kier molecular flexibility index (Phi) is 4.37. The summed E-state index contributed by atoms with van der Waals surface area (Å²) in [5.41, 5.74) is 0.